The maximum Gasteiger partial charge on any atom is 0.408 e. The number of nitrogens with one attached hydrogen (secondary N) is 1. The van der Waals surface area contributed by atoms with E-state index in [0.717, 1.165) is 44.3 Å². The van der Waals surface area contributed by atoms with Crippen LogP contribution in [0, 0.1) is 5.92 Å². The molecule has 0 aromatic heterocycles. The van der Waals surface area contributed by atoms with E-state index < -0.39 is 21.5 Å². The first kappa shape index (κ1) is 24.8. The molecule has 1 aromatic rings. The molecule has 0 spiro atoms. The van der Waals surface area contributed by atoms with Gasteiger partial charge < -0.3 is 10.1 Å². The van der Waals surface area contributed by atoms with Gasteiger partial charge in [0.15, 0.2) is 9.84 Å². The first-order valence-electron chi connectivity index (χ1n) is 11.7. The molecule has 3 fully saturated rings. The SMILES string of the molecule is C=CCN1CC2CCC1([C@H](NC(=O)OC(C)(C)C)c1ccc(S(=O)(=O)CCC)cc1)CC2. The number of amides is 1. The molecule has 1 saturated carbocycles. The van der Waals surface area contributed by atoms with Crippen molar-refractivity contribution >= 4 is 15.9 Å². The molecule has 1 N–H and O–H groups in total. The molecule has 0 unspecified atom stereocenters. The van der Waals surface area contributed by atoms with Crippen LogP contribution in [0.5, 0.6) is 0 Å². The smallest absolute Gasteiger partial charge is 0.408 e. The molecule has 7 heteroatoms. The number of benzene rings is 1. The molecule has 3 aliphatic rings. The molecule has 32 heavy (non-hydrogen) atoms. The average molecular weight is 463 g/mol. The molecule has 1 aliphatic carbocycles. The minimum absolute atomic E-state index is 0.129. The molecular weight excluding hydrogens is 424 g/mol. The van der Waals surface area contributed by atoms with Crippen molar-refractivity contribution in [1.82, 2.24) is 10.2 Å². The Morgan fingerprint density at radius 3 is 2.44 bits per heavy atom. The number of ether oxygens (including phenoxy) is 1. The van der Waals surface area contributed by atoms with Crippen molar-refractivity contribution in [1.29, 1.82) is 0 Å². The molecule has 2 aliphatic heterocycles. The molecule has 1 aromatic carbocycles. The molecule has 178 valence electrons. The molecule has 6 nitrogen and oxygen atoms in total. The Kier molecular flexibility index (Phi) is 7.40. The topological polar surface area (TPSA) is 75.7 Å². The van der Waals surface area contributed by atoms with Gasteiger partial charge >= 0.3 is 6.09 Å². The Labute approximate surface area is 193 Å². The highest BCUT2D eigenvalue weighted by molar-refractivity contribution is 7.91. The third kappa shape index (κ3) is 5.37. The molecule has 2 bridgehead atoms. The lowest BCUT2D eigenvalue weighted by molar-refractivity contribution is -0.0537. The summed E-state index contributed by atoms with van der Waals surface area (Å²) < 4.78 is 30.6. The highest BCUT2D eigenvalue weighted by atomic mass is 32.2. The second-order valence-corrected chi connectivity index (χ2v) is 12.3. The lowest BCUT2D eigenvalue weighted by atomic mass is 9.65. The van der Waals surface area contributed by atoms with Gasteiger partial charge in [0.1, 0.15) is 5.60 Å². The summed E-state index contributed by atoms with van der Waals surface area (Å²) in [4.78, 5) is 15.6. The van der Waals surface area contributed by atoms with Crippen LogP contribution < -0.4 is 5.32 Å². The summed E-state index contributed by atoms with van der Waals surface area (Å²) >= 11 is 0. The Morgan fingerprint density at radius 2 is 1.91 bits per heavy atom. The van der Waals surface area contributed by atoms with Gasteiger partial charge in [-0.25, -0.2) is 13.2 Å². The Morgan fingerprint density at radius 1 is 1.28 bits per heavy atom. The standard InChI is InChI=1S/C25H38N2O4S/c1-6-16-27-18-19-12-14-25(27,15-13-19)22(26-23(28)31-24(3,4)5)20-8-10-21(11-9-20)32(29,30)17-7-2/h6,8-11,19,22H,1,7,12-18H2,2-5H3,(H,26,28)/t19?,22-,25?/m1/s1. The molecular formula is C25H38N2O4S. The van der Waals surface area contributed by atoms with Crippen LogP contribution in [0.1, 0.15) is 71.4 Å². The minimum Gasteiger partial charge on any atom is -0.444 e. The van der Waals surface area contributed by atoms with E-state index in [2.05, 4.69) is 16.8 Å². The fraction of sp³-hybridized carbons (Fsp3) is 0.640. The predicted octanol–water partition coefficient (Wildman–Crippen LogP) is 4.87. The van der Waals surface area contributed by atoms with Crippen LogP contribution in [0.3, 0.4) is 0 Å². The van der Waals surface area contributed by atoms with E-state index in [-0.39, 0.29) is 17.3 Å². The Hall–Kier alpha value is -1.86. The van der Waals surface area contributed by atoms with Crippen molar-refractivity contribution in [2.45, 2.75) is 81.9 Å². The van der Waals surface area contributed by atoms with Crippen LogP contribution >= 0.6 is 0 Å². The quantitative estimate of drug-likeness (QED) is 0.558. The number of nitrogens with zero attached hydrogens (tertiary/aromatic N) is 1. The third-order valence-electron chi connectivity index (χ3n) is 6.67. The van der Waals surface area contributed by atoms with Crippen LogP contribution in [0.2, 0.25) is 0 Å². The van der Waals surface area contributed by atoms with Crippen LogP contribution in [0.25, 0.3) is 0 Å². The van der Waals surface area contributed by atoms with Crippen LogP contribution in [-0.2, 0) is 14.6 Å². The van der Waals surface area contributed by atoms with Crippen molar-refractivity contribution in [2.24, 2.45) is 5.92 Å². The van der Waals surface area contributed by atoms with Crippen molar-refractivity contribution in [3.8, 4) is 0 Å². The van der Waals surface area contributed by atoms with Crippen molar-refractivity contribution in [3.63, 3.8) is 0 Å². The number of alkyl carbamates (subject to hydrolysis) is 1. The van der Waals surface area contributed by atoms with Crippen LogP contribution in [-0.4, -0.2) is 49.4 Å². The fourth-order valence-corrected chi connectivity index (χ4v) is 6.58. The number of fused-ring (bicyclic) bond motifs is 3. The number of carbonyl (C=O) groups excluding carboxylic acids is 1. The molecule has 0 radical (unpaired) electrons. The van der Waals surface area contributed by atoms with E-state index in [9.17, 15) is 13.2 Å². The van der Waals surface area contributed by atoms with Crippen molar-refractivity contribution < 1.29 is 17.9 Å². The maximum atomic E-state index is 12.9. The summed E-state index contributed by atoms with van der Waals surface area (Å²) in [5.74, 6) is 0.810. The van der Waals surface area contributed by atoms with Gasteiger partial charge in [-0.05, 0) is 76.5 Å². The summed E-state index contributed by atoms with van der Waals surface area (Å²) in [7, 11) is -3.29. The van der Waals surface area contributed by atoms with Crippen molar-refractivity contribution in [3.05, 3.63) is 42.5 Å². The monoisotopic (exact) mass is 462 g/mol. The molecule has 1 atom stereocenters. The van der Waals surface area contributed by atoms with E-state index >= 15 is 0 Å². The van der Waals surface area contributed by atoms with Gasteiger partial charge in [-0.1, -0.05) is 25.1 Å². The number of hydrogen-bond acceptors (Lipinski definition) is 5. The van der Waals surface area contributed by atoms with Gasteiger partial charge in [-0.3, -0.25) is 4.90 Å². The van der Waals surface area contributed by atoms with Gasteiger partial charge in [0, 0.05) is 18.6 Å². The zero-order valence-electron chi connectivity index (χ0n) is 19.9. The third-order valence-corrected chi connectivity index (χ3v) is 8.61. The first-order valence-corrected chi connectivity index (χ1v) is 13.3. The average Bonchev–Trinajstić information content (AvgIpc) is 2.72. The highest BCUT2D eigenvalue weighted by Gasteiger charge is 2.51. The molecule has 4 rings (SSSR count). The summed E-state index contributed by atoms with van der Waals surface area (Å²) in [6, 6.07) is 6.75. The lowest BCUT2D eigenvalue weighted by Gasteiger charge is -2.58. The van der Waals surface area contributed by atoms with Crippen LogP contribution in [0.15, 0.2) is 41.8 Å². The highest BCUT2D eigenvalue weighted by Crippen LogP contribution is 2.49. The number of hydrogen-bond donors (Lipinski definition) is 1. The molecule has 2 heterocycles. The largest absolute Gasteiger partial charge is 0.444 e. The van der Waals surface area contributed by atoms with E-state index in [1.165, 1.54) is 0 Å². The Balaban J connectivity index is 1.99. The maximum absolute atomic E-state index is 12.9. The first-order chi connectivity index (χ1) is 15.0. The van der Waals surface area contributed by atoms with E-state index in [1.807, 2.05) is 45.9 Å². The second kappa shape index (κ2) is 9.56. The number of carbonyl (C=O) groups is 1. The van der Waals surface area contributed by atoms with E-state index in [0.29, 0.717) is 17.2 Å². The van der Waals surface area contributed by atoms with E-state index in [1.54, 1.807) is 12.1 Å². The summed E-state index contributed by atoms with van der Waals surface area (Å²) in [5.41, 5.74) is 0.0553. The predicted molar refractivity (Wildman–Crippen MR) is 127 cm³/mol. The number of rotatable bonds is 8. The van der Waals surface area contributed by atoms with Crippen molar-refractivity contribution in [2.75, 3.05) is 18.8 Å². The van der Waals surface area contributed by atoms with Gasteiger partial charge in [0.2, 0.25) is 0 Å². The van der Waals surface area contributed by atoms with Gasteiger partial charge in [0.05, 0.1) is 16.7 Å². The summed E-state index contributed by atoms with van der Waals surface area (Å²) in [6.07, 6.45) is 6.25. The summed E-state index contributed by atoms with van der Waals surface area (Å²) in [5, 5.41) is 3.16. The fourth-order valence-electron chi connectivity index (χ4n) is 5.26. The van der Waals surface area contributed by atoms with Gasteiger partial charge in [-0.15, -0.1) is 6.58 Å². The summed E-state index contributed by atoms with van der Waals surface area (Å²) in [6.45, 7) is 13.1. The van der Waals surface area contributed by atoms with Gasteiger partial charge in [-0.2, -0.15) is 0 Å². The van der Waals surface area contributed by atoms with E-state index in [4.69, 9.17) is 4.74 Å². The zero-order chi connectivity index (χ0) is 23.6. The number of sulfone groups is 1. The normalized spacial score (nSPS) is 24.7. The molecule has 2 saturated heterocycles. The minimum atomic E-state index is -3.29. The zero-order valence-corrected chi connectivity index (χ0v) is 20.7. The van der Waals surface area contributed by atoms with Crippen LogP contribution in [0.4, 0.5) is 4.79 Å². The lowest BCUT2D eigenvalue weighted by Crippen LogP contribution is -2.64. The number of piperidine rings is 2. The molecule has 1 amide bonds. The Bertz CT molecular complexity index is 910. The van der Waals surface area contributed by atoms with Gasteiger partial charge in [0.25, 0.3) is 0 Å². The second-order valence-electron chi connectivity index (χ2n) is 10.2.